The molecule has 66 valence electrons. The minimum Gasteiger partial charge on any atom is -0.113 e. The Kier molecular flexibility index (Phi) is 4.40. The number of hydrogen-bond acceptors (Lipinski definition) is 0. The van der Waals surface area contributed by atoms with E-state index in [1.54, 1.807) is 0 Å². The van der Waals surface area contributed by atoms with Gasteiger partial charge >= 0.3 is 0 Å². The standard InChI is InChI=1S/C11H11Cl.Hf/c12-11(9-5-1-2-6-9)10-7-3-4-8-10;/h1-5,7,11H,6,8H2;. The Balaban J connectivity index is 0.000000845. The third kappa shape index (κ3) is 2.54. The maximum Gasteiger partial charge on any atom is 0.0767 e. The summed E-state index contributed by atoms with van der Waals surface area (Å²) >= 11 is 6.28. The number of alkyl halides is 1. The first kappa shape index (κ1) is 11.2. The van der Waals surface area contributed by atoms with Gasteiger partial charge in [-0.3, -0.25) is 0 Å². The Morgan fingerprint density at radius 3 is 1.77 bits per heavy atom. The van der Waals surface area contributed by atoms with Crippen molar-refractivity contribution < 1.29 is 25.8 Å². The van der Waals surface area contributed by atoms with Crippen LogP contribution in [0.1, 0.15) is 12.8 Å². The predicted octanol–water partition coefficient (Wildman–Crippen LogP) is 3.36. The van der Waals surface area contributed by atoms with Crippen molar-refractivity contribution in [2.75, 3.05) is 0 Å². The second-order valence-corrected chi connectivity index (χ2v) is 3.55. The molecule has 0 atom stereocenters. The van der Waals surface area contributed by atoms with Crippen LogP contribution in [-0.2, 0) is 25.8 Å². The molecule has 0 radical (unpaired) electrons. The molecule has 0 aromatic rings. The Hall–Kier alpha value is 0.120. The van der Waals surface area contributed by atoms with Crippen LogP contribution < -0.4 is 0 Å². The van der Waals surface area contributed by atoms with Gasteiger partial charge in [-0.2, -0.15) is 0 Å². The van der Waals surface area contributed by atoms with Crippen LogP contribution >= 0.6 is 11.6 Å². The van der Waals surface area contributed by atoms with E-state index in [9.17, 15) is 0 Å². The first-order valence-electron chi connectivity index (χ1n) is 4.23. The number of rotatable bonds is 2. The van der Waals surface area contributed by atoms with Crippen LogP contribution in [0.15, 0.2) is 47.6 Å². The van der Waals surface area contributed by atoms with Gasteiger partial charge in [0.25, 0.3) is 0 Å². The third-order valence-corrected chi connectivity index (χ3v) is 2.81. The topological polar surface area (TPSA) is 0 Å². The van der Waals surface area contributed by atoms with E-state index in [2.05, 4.69) is 36.5 Å². The molecule has 13 heavy (non-hydrogen) atoms. The van der Waals surface area contributed by atoms with Crippen LogP contribution in [0.2, 0.25) is 0 Å². The first-order valence-corrected chi connectivity index (χ1v) is 4.67. The normalized spacial score (nSPS) is 18.9. The predicted molar refractivity (Wildman–Crippen MR) is 53.3 cm³/mol. The molecule has 2 rings (SSSR count). The van der Waals surface area contributed by atoms with Crippen molar-refractivity contribution >= 4 is 11.6 Å². The van der Waals surface area contributed by atoms with Gasteiger partial charge in [-0.25, -0.2) is 0 Å². The molecule has 0 nitrogen and oxygen atoms in total. The van der Waals surface area contributed by atoms with Crippen molar-refractivity contribution in [2.45, 2.75) is 18.2 Å². The molecule has 0 fully saturated rings. The van der Waals surface area contributed by atoms with Crippen molar-refractivity contribution in [1.82, 2.24) is 0 Å². The molecule has 0 bridgehead atoms. The zero-order valence-corrected chi connectivity index (χ0v) is 11.7. The third-order valence-electron chi connectivity index (χ3n) is 2.25. The van der Waals surface area contributed by atoms with E-state index in [0.29, 0.717) is 0 Å². The summed E-state index contributed by atoms with van der Waals surface area (Å²) in [5, 5.41) is 0.120. The second kappa shape index (κ2) is 5.11. The molecule has 2 heteroatoms. The summed E-state index contributed by atoms with van der Waals surface area (Å²) in [5.41, 5.74) is 2.65. The van der Waals surface area contributed by atoms with E-state index >= 15 is 0 Å². The van der Waals surface area contributed by atoms with Crippen molar-refractivity contribution in [2.24, 2.45) is 0 Å². The van der Waals surface area contributed by atoms with Crippen LogP contribution in [-0.4, -0.2) is 5.38 Å². The van der Waals surface area contributed by atoms with Gasteiger partial charge < -0.3 is 0 Å². The van der Waals surface area contributed by atoms with E-state index in [1.807, 2.05) is 0 Å². The molecule has 0 amide bonds. The monoisotopic (exact) mass is 358 g/mol. The Bertz CT molecular complexity index is 267. The summed E-state index contributed by atoms with van der Waals surface area (Å²) in [5.74, 6) is 0. The van der Waals surface area contributed by atoms with Gasteiger partial charge in [0.15, 0.2) is 0 Å². The largest absolute Gasteiger partial charge is 0.113 e. The summed E-state index contributed by atoms with van der Waals surface area (Å²) in [6, 6.07) is 0. The Labute approximate surface area is 103 Å². The molecule has 0 saturated heterocycles. The quantitative estimate of drug-likeness (QED) is 0.525. The fourth-order valence-electron chi connectivity index (χ4n) is 1.54. The second-order valence-electron chi connectivity index (χ2n) is 3.11. The van der Waals surface area contributed by atoms with Crippen molar-refractivity contribution in [1.29, 1.82) is 0 Å². The van der Waals surface area contributed by atoms with E-state index < -0.39 is 0 Å². The van der Waals surface area contributed by atoms with E-state index in [1.165, 1.54) is 11.1 Å². The smallest absolute Gasteiger partial charge is 0.0767 e. The first-order chi connectivity index (χ1) is 5.88. The molecular weight excluding hydrogens is 346 g/mol. The SMILES string of the molecule is ClC(C1=CC=CC1)C1=CC=CC1.[Hf]. The van der Waals surface area contributed by atoms with E-state index in [4.69, 9.17) is 11.6 Å². The van der Waals surface area contributed by atoms with Crippen LogP contribution in [0.5, 0.6) is 0 Å². The van der Waals surface area contributed by atoms with Gasteiger partial charge in [-0.05, 0) is 24.0 Å². The van der Waals surface area contributed by atoms with Gasteiger partial charge in [0, 0.05) is 25.8 Å². The van der Waals surface area contributed by atoms with Crippen LogP contribution in [0, 0.1) is 0 Å². The van der Waals surface area contributed by atoms with Crippen molar-refractivity contribution in [3.05, 3.63) is 47.6 Å². The average Bonchev–Trinajstić information content (AvgIpc) is 2.77. The zero-order chi connectivity index (χ0) is 8.39. The molecular formula is C11H11ClHf. The average molecular weight is 357 g/mol. The van der Waals surface area contributed by atoms with E-state index in [0.717, 1.165) is 12.8 Å². The molecule has 0 aromatic carbocycles. The number of allylic oxidation sites excluding steroid dienone is 8. The molecule has 0 heterocycles. The van der Waals surface area contributed by atoms with Crippen LogP contribution in [0.4, 0.5) is 0 Å². The Morgan fingerprint density at radius 2 is 1.46 bits per heavy atom. The number of halogens is 1. The minimum atomic E-state index is 0. The Morgan fingerprint density at radius 1 is 1.00 bits per heavy atom. The van der Waals surface area contributed by atoms with Crippen molar-refractivity contribution in [3.63, 3.8) is 0 Å². The summed E-state index contributed by atoms with van der Waals surface area (Å²) in [4.78, 5) is 0. The maximum atomic E-state index is 6.28. The summed E-state index contributed by atoms with van der Waals surface area (Å²) in [6.45, 7) is 0. The summed E-state index contributed by atoms with van der Waals surface area (Å²) in [7, 11) is 0. The summed E-state index contributed by atoms with van der Waals surface area (Å²) in [6.07, 6.45) is 14.7. The number of hydrogen-bond donors (Lipinski definition) is 0. The molecule has 0 saturated carbocycles. The minimum absolute atomic E-state index is 0. The molecule has 2 aliphatic carbocycles. The fourth-order valence-corrected chi connectivity index (χ4v) is 1.87. The van der Waals surface area contributed by atoms with Crippen LogP contribution in [0.25, 0.3) is 0 Å². The van der Waals surface area contributed by atoms with Gasteiger partial charge in [0.2, 0.25) is 0 Å². The molecule has 0 unspecified atom stereocenters. The van der Waals surface area contributed by atoms with E-state index in [-0.39, 0.29) is 31.2 Å². The van der Waals surface area contributed by atoms with Gasteiger partial charge in [-0.1, -0.05) is 36.5 Å². The molecule has 2 aliphatic rings. The maximum absolute atomic E-state index is 6.28. The van der Waals surface area contributed by atoms with Crippen molar-refractivity contribution in [3.8, 4) is 0 Å². The fraction of sp³-hybridized carbons (Fsp3) is 0.273. The van der Waals surface area contributed by atoms with Gasteiger partial charge in [0.1, 0.15) is 0 Å². The zero-order valence-electron chi connectivity index (χ0n) is 7.33. The van der Waals surface area contributed by atoms with Gasteiger partial charge in [-0.15, -0.1) is 11.6 Å². The molecule has 0 aromatic heterocycles. The van der Waals surface area contributed by atoms with Crippen LogP contribution in [0.3, 0.4) is 0 Å². The molecule has 0 aliphatic heterocycles. The van der Waals surface area contributed by atoms with Gasteiger partial charge in [0.05, 0.1) is 5.38 Å². The molecule has 0 N–H and O–H groups in total. The summed E-state index contributed by atoms with van der Waals surface area (Å²) < 4.78 is 0. The molecule has 0 spiro atoms.